The van der Waals surface area contributed by atoms with Crippen molar-refractivity contribution in [1.29, 1.82) is 0 Å². The molecule has 0 unspecified atom stereocenters. The van der Waals surface area contributed by atoms with Crippen LogP contribution in [0.5, 0.6) is 11.5 Å². The number of benzene rings is 2. The molecule has 0 radical (unpaired) electrons. The summed E-state index contributed by atoms with van der Waals surface area (Å²) < 4.78 is 5.41. The van der Waals surface area contributed by atoms with Crippen LogP contribution in [0.3, 0.4) is 0 Å². The van der Waals surface area contributed by atoms with Crippen molar-refractivity contribution in [3.63, 3.8) is 0 Å². The Hall–Kier alpha value is -3.82. The molecule has 1 saturated heterocycles. The Morgan fingerprint density at radius 3 is 2.09 bits per heavy atom. The number of nitrogens with zero attached hydrogens (tertiary/aromatic N) is 5. The van der Waals surface area contributed by atoms with Gasteiger partial charge in [-0.15, -0.1) is 0 Å². The molecule has 0 saturated carbocycles. The molecule has 9 heteroatoms. The van der Waals surface area contributed by atoms with Gasteiger partial charge < -0.3 is 20.3 Å². The minimum absolute atomic E-state index is 0.176. The van der Waals surface area contributed by atoms with E-state index in [0.29, 0.717) is 28.4 Å². The average Bonchev–Trinajstić information content (AvgIpc) is 2.87. The molecule has 0 amide bonds. The molecule has 1 aliphatic rings. The van der Waals surface area contributed by atoms with E-state index >= 15 is 0 Å². The molecular weight excluding hydrogens is 432 g/mol. The zero-order chi connectivity index (χ0) is 23.3. The topological polar surface area (TPSA) is 117 Å². The summed E-state index contributed by atoms with van der Waals surface area (Å²) in [5.41, 5.74) is 3.95. The second kappa shape index (κ2) is 9.98. The van der Waals surface area contributed by atoms with E-state index in [1.54, 1.807) is 48.5 Å². The number of aromatic nitrogens is 4. The number of anilines is 1. The molecule has 1 aliphatic heterocycles. The highest BCUT2D eigenvalue weighted by Crippen LogP contribution is 2.33. The first-order valence-corrected chi connectivity index (χ1v) is 11.3. The van der Waals surface area contributed by atoms with E-state index in [9.17, 15) is 10.2 Å². The minimum atomic E-state index is 0.176. The molecule has 1 fully saturated rings. The number of hydrogen-bond donors (Lipinski definition) is 3. The lowest BCUT2D eigenvalue weighted by Crippen LogP contribution is -2.37. The number of phenols is 2. The summed E-state index contributed by atoms with van der Waals surface area (Å²) in [5, 5.41) is 22.9. The summed E-state index contributed by atoms with van der Waals surface area (Å²) in [6.45, 7) is 5.27. The van der Waals surface area contributed by atoms with Crippen LogP contribution in [0.25, 0.3) is 33.7 Å². The molecule has 5 rings (SSSR count). The van der Waals surface area contributed by atoms with Crippen molar-refractivity contribution in [3.05, 3.63) is 54.9 Å². The van der Waals surface area contributed by atoms with Crippen molar-refractivity contribution in [2.24, 2.45) is 0 Å². The number of rotatable bonds is 7. The van der Waals surface area contributed by atoms with Gasteiger partial charge in [-0.25, -0.2) is 19.9 Å². The average molecular weight is 459 g/mol. The van der Waals surface area contributed by atoms with E-state index in [1.807, 2.05) is 0 Å². The Bertz CT molecular complexity index is 1260. The summed E-state index contributed by atoms with van der Waals surface area (Å²) in [5.74, 6) is 0.987. The Morgan fingerprint density at radius 2 is 1.44 bits per heavy atom. The number of fused-ring (bicyclic) bond motifs is 1. The third kappa shape index (κ3) is 4.90. The van der Waals surface area contributed by atoms with Gasteiger partial charge in [0.1, 0.15) is 17.8 Å². The standard InChI is InChI=1S/C25H26N6O3/c32-19-6-2-17(3-7-19)21-22(18-4-8-20(33)9-5-18)30-25-23(29-21)24(27-16-28-25)26-10-1-11-31-12-14-34-15-13-31/h2-9,16,32-33H,1,10-15H2,(H,26,27,28,30). The molecule has 2 aromatic carbocycles. The van der Waals surface area contributed by atoms with Crippen LogP contribution in [0.2, 0.25) is 0 Å². The lowest BCUT2D eigenvalue weighted by molar-refractivity contribution is 0.0378. The van der Waals surface area contributed by atoms with Gasteiger partial charge in [-0.2, -0.15) is 0 Å². The van der Waals surface area contributed by atoms with E-state index in [0.717, 1.165) is 56.9 Å². The molecule has 3 heterocycles. The van der Waals surface area contributed by atoms with Crippen molar-refractivity contribution in [3.8, 4) is 34.0 Å². The van der Waals surface area contributed by atoms with E-state index in [1.165, 1.54) is 6.33 Å². The fourth-order valence-corrected chi connectivity index (χ4v) is 3.98. The largest absolute Gasteiger partial charge is 0.508 e. The van der Waals surface area contributed by atoms with Crippen LogP contribution in [0.15, 0.2) is 54.9 Å². The van der Waals surface area contributed by atoms with Gasteiger partial charge in [0.15, 0.2) is 17.0 Å². The van der Waals surface area contributed by atoms with Crippen LogP contribution in [-0.2, 0) is 4.74 Å². The highest BCUT2D eigenvalue weighted by Gasteiger charge is 2.17. The summed E-state index contributed by atoms with van der Waals surface area (Å²) in [6.07, 6.45) is 2.46. The lowest BCUT2D eigenvalue weighted by atomic mass is 10.0. The van der Waals surface area contributed by atoms with Gasteiger partial charge in [0.2, 0.25) is 0 Å². The number of morpholine rings is 1. The van der Waals surface area contributed by atoms with Gasteiger partial charge in [-0.1, -0.05) is 0 Å². The normalized spacial score (nSPS) is 14.4. The number of phenolic OH excluding ortho intramolecular Hbond substituents is 2. The summed E-state index contributed by atoms with van der Waals surface area (Å²) in [7, 11) is 0. The lowest BCUT2D eigenvalue weighted by Gasteiger charge is -2.26. The number of ether oxygens (including phenoxy) is 1. The van der Waals surface area contributed by atoms with E-state index in [-0.39, 0.29) is 11.5 Å². The van der Waals surface area contributed by atoms with Crippen LogP contribution in [-0.4, -0.2) is 74.4 Å². The van der Waals surface area contributed by atoms with E-state index in [4.69, 9.17) is 14.7 Å². The number of nitrogens with one attached hydrogen (secondary N) is 1. The molecule has 34 heavy (non-hydrogen) atoms. The number of hydrogen-bond acceptors (Lipinski definition) is 9. The Morgan fingerprint density at radius 1 is 0.824 bits per heavy atom. The van der Waals surface area contributed by atoms with Gasteiger partial charge in [0.05, 0.1) is 24.6 Å². The van der Waals surface area contributed by atoms with Crippen molar-refractivity contribution in [1.82, 2.24) is 24.8 Å². The maximum absolute atomic E-state index is 9.75. The molecule has 0 aliphatic carbocycles. The molecule has 0 spiro atoms. The zero-order valence-corrected chi connectivity index (χ0v) is 18.7. The van der Waals surface area contributed by atoms with Crippen molar-refractivity contribution >= 4 is 17.0 Å². The number of aromatic hydroxyl groups is 2. The molecule has 0 atom stereocenters. The van der Waals surface area contributed by atoms with Gasteiger partial charge >= 0.3 is 0 Å². The minimum Gasteiger partial charge on any atom is -0.508 e. The summed E-state index contributed by atoms with van der Waals surface area (Å²) in [4.78, 5) is 20.9. The second-order valence-corrected chi connectivity index (χ2v) is 8.14. The summed E-state index contributed by atoms with van der Waals surface area (Å²) in [6, 6.07) is 13.7. The molecule has 9 nitrogen and oxygen atoms in total. The van der Waals surface area contributed by atoms with Gasteiger partial charge in [0, 0.05) is 30.8 Å². The van der Waals surface area contributed by atoms with Gasteiger partial charge in [-0.3, -0.25) is 4.90 Å². The Labute approximate surface area is 197 Å². The molecule has 4 aromatic rings. The zero-order valence-electron chi connectivity index (χ0n) is 18.7. The second-order valence-electron chi connectivity index (χ2n) is 8.14. The monoisotopic (exact) mass is 458 g/mol. The van der Waals surface area contributed by atoms with Crippen molar-refractivity contribution < 1.29 is 14.9 Å². The predicted molar refractivity (Wildman–Crippen MR) is 130 cm³/mol. The van der Waals surface area contributed by atoms with E-state index in [2.05, 4.69) is 20.2 Å². The fraction of sp³-hybridized carbons (Fsp3) is 0.280. The van der Waals surface area contributed by atoms with Crippen LogP contribution < -0.4 is 5.32 Å². The van der Waals surface area contributed by atoms with Gasteiger partial charge in [-0.05, 0) is 61.5 Å². The predicted octanol–water partition coefficient (Wildman–Crippen LogP) is 3.30. The molecule has 3 N–H and O–H groups in total. The van der Waals surface area contributed by atoms with Crippen molar-refractivity contribution in [2.75, 3.05) is 44.7 Å². The SMILES string of the molecule is Oc1ccc(-c2nc3ncnc(NCCCN4CCOCC4)c3nc2-c2ccc(O)cc2)cc1. The highest BCUT2D eigenvalue weighted by atomic mass is 16.5. The molecule has 0 bridgehead atoms. The first-order chi connectivity index (χ1) is 16.7. The Kier molecular flexibility index (Phi) is 6.46. The molecule has 2 aromatic heterocycles. The third-order valence-electron chi connectivity index (χ3n) is 5.80. The fourth-order valence-electron chi connectivity index (χ4n) is 3.98. The molecular formula is C25H26N6O3. The highest BCUT2D eigenvalue weighted by molar-refractivity contribution is 5.89. The summed E-state index contributed by atoms with van der Waals surface area (Å²) >= 11 is 0. The maximum Gasteiger partial charge on any atom is 0.184 e. The van der Waals surface area contributed by atoms with Crippen LogP contribution in [0.1, 0.15) is 6.42 Å². The maximum atomic E-state index is 9.75. The van der Waals surface area contributed by atoms with Gasteiger partial charge in [0.25, 0.3) is 0 Å². The van der Waals surface area contributed by atoms with Crippen LogP contribution in [0.4, 0.5) is 5.82 Å². The van der Waals surface area contributed by atoms with Crippen LogP contribution in [0, 0.1) is 0 Å². The first-order valence-electron chi connectivity index (χ1n) is 11.3. The van der Waals surface area contributed by atoms with E-state index < -0.39 is 0 Å². The van der Waals surface area contributed by atoms with Crippen LogP contribution >= 0.6 is 0 Å². The first kappa shape index (κ1) is 22.0. The molecule has 174 valence electrons. The third-order valence-corrected chi connectivity index (χ3v) is 5.80. The smallest absolute Gasteiger partial charge is 0.184 e. The Balaban J connectivity index is 1.47. The van der Waals surface area contributed by atoms with Crippen molar-refractivity contribution in [2.45, 2.75) is 6.42 Å². The quantitative estimate of drug-likeness (QED) is 0.359.